The van der Waals surface area contributed by atoms with Crippen molar-refractivity contribution in [2.24, 2.45) is 0 Å². The number of esters is 1. The van der Waals surface area contributed by atoms with Gasteiger partial charge in [-0.1, -0.05) is 35.0 Å². The van der Waals surface area contributed by atoms with E-state index in [0.717, 1.165) is 0 Å². The van der Waals surface area contributed by atoms with E-state index in [1.165, 1.54) is 7.11 Å². The Balaban J connectivity index is 1.73. The minimum Gasteiger partial charge on any atom is -0.468 e. The van der Waals surface area contributed by atoms with Crippen molar-refractivity contribution in [1.82, 2.24) is 15.0 Å². The summed E-state index contributed by atoms with van der Waals surface area (Å²) in [6.45, 7) is 3.74. The SMILES string of the molecule is COC(=O)C(c1ccccc1Cl)N1CCN(C(=O)c2cc(C)no2)CC1. The molecule has 0 N–H and O–H groups in total. The van der Waals surface area contributed by atoms with Gasteiger partial charge in [0.1, 0.15) is 6.04 Å². The maximum atomic E-state index is 12.5. The number of methoxy groups -OCH3 is 1. The molecule has 3 rings (SSSR count). The van der Waals surface area contributed by atoms with E-state index in [2.05, 4.69) is 5.16 Å². The number of hydrogen-bond donors (Lipinski definition) is 0. The van der Waals surface area contributed by atoms with Gasteiger partial charge in [-0.25, -0.2) is 4.79 Å². The van der Waals surface area contributed by atoms with E-state index in [1.807, 2.05) is 23.1 Å². The van der Waals surface area contributed by atoms with Crippen LogP contribution in [-0.4, -0.2) is 60.1 Å². The standard InChI is InChI=1S/C18H20ClN3O4/c1-12-11-15(26-20-12)17(23)22-9-7-21(8-10-22)16(18(24)25-2)13-5-3-4-6-14(13)19/h3-6,11,16H,7-10H2,1-2H3. The summed E-state index contributed by atoms with van der Waals surface area (Å²) in [5.41, 5.74) is 1.36. The van der Waals surface area contributed by atoms with Crippen molar-refractivity contribution in [2.45, 2.75) is 13.0 Å². The molecular formula is C18H20ClN3O4. The van der Waals surface area contributed by atoms with Gasteiger partial charge in [0.2, 0.25) is 5.76 Å². The molecule has 2 aromatic rings. The Bertz CT molecular complexity index is 799. The van der Waals surface area contributed by atoms with Crippen LogP contribution in [0.5, 0.6) is 0 Å². The second-order valence-electron chi connectivity index (χ2n) is 6.11. The van der Waals surface area contributed by atoms with Crippen molar-refractivity contribution in [2.75, 3.05) is 33.3 Å². The lowest BCUT2D eigenvalue weighted by Gasteiger charge is -2.38. The van der Waals surface area contributed by atoms with Crippen molar-refractivity contribution in [1.29, 1.82) is 0 Å². The number of carbonyl (C=O) groups is 2. The van der Waals surface area contributed by atoms with Crippen LogP contribution >= 0.6 is 11.6 Å². The summed E-state index contributed by atoms with van der Waals surface area (Å²) in [5.74, 6) is -0.340. The molecule has 2 heterocycles. The molecule has 1 amide bonds. The van der Waals surface area contributed by atoms with Crippen LogP contribution in [0, 0.1) is 6.92 Å². The number of halogens is 1. The first-order valence-corrected chi connectivity index (χ1v) is 8.68. The van der Waals surface area contributed by atoms with Crippen LogP contribution in [0.1, 0.15) is 27.9 Å². The zero-order valence-electron chi connectivity index (χ0n) is 14.6. The van der Waals surface area contributed by atoms with Crippen LogP contribution in [0.25, 0.3) is 0 Å². The van der Waals surface area contributed by atoms with E-state index in [-0.39, 0.29) is 17.6 Å². The molecule has 1 saturated heterocycles. The molecule has 0 radical (unpaired) electrons. The van der Waals surface area contributed by atoms with Gasteiger partial charge in [0, 0.05) is 37.3 Å². The largest absolute Gasteiger partial charge is 0.468 e. The molecule has 1 aromatic carbocycles. The third-order valence-corrected chi connectivity index (χ3v) is 4.77. The zero-order chi connectivity index (χ0) is 18.7. The van der Waals surface area contributed by atoms with Gasteiger partial charge >= 0.3 is 5.97 Å². The number of aromatic nitrogens is 1. The highest BCUT2D eigenvalue weighted by Crippen LogP contribution is 2.29. The monoisotopic (exact) mass is 377 g/mol. The molecule has 7 nitrogen and oxygen atoms in total. The van der Waals surface area contributed by atoms with Crippen molar-refractivity contribution >= 4 is 23.5 Å². The highest BCUT2D eigenvalue weighted by atomic mass is 35.5. The number of hydrogen-bond acceptors (Lipinski definition) is 6. The maximum Gasteiger partial charge on any atom is 0.327 e. The highest BCUT2D eigenvalue weighted by molar-refractivity contribution is 6.31. The van der Waals surface area contributed by atoms with E-state index in [9.17, 15) is 9.59 Å². The van der Waals surface area contributed by atoms with E-state index in [4.69, 9.17) is 20.9 Å². The van der Waals surface area contributed by atoms with Gasteiger partial charge < -0.3 is 14.2 Å². The van der Waals surface area contributed by atoms with Gasteiger partial charge in [0.05, 0.1) is 12.8 Å². The van der Waals surface area contributed by atoms with Crippen LogP contribution in [0.2, 0.25) is 5.02 Å². The number of benzene rings is 1. The fourth-order valence-corrected chi connectivity index (χ4v) is 3.32. The Hall–Kier alpha value is -2.38. The molecule has 8 heteroatoms. The minimum atomic E-state index is -0.599. The molecule has 26 heavy (non-hydrogen) atoms. The molecular weight excluding hydrogens is 358 g/mol. The second kappa shape index (κ2) is 7.88. The molecule has 1 aliphatic rings. The normalized spacial score (nSPS) is 16.3. The van der Waals surface area contributed by atoms with Gasteiger partial charge in [0.25, 0.3) is 5.91 Å². The van der Waals surface area contributed by atoms with Crippen LogP contribution in [0.15, 0.2) is 34.9 Å². The van der Waals surface area contributed by atoms with E-state index < -0.39 is 6.04 Å². The zero-order valence-corrected chi connectivity index (χ0v) is 15.4. The molecule has 0 aliphatic carbocycles. The smallest absolute Gasteiger partial charge is 0.327 e. The average molecular weight is 378 g/mol. The predicted molar refractivity (Wildman–Crippen MR) is 94.9 cm³/mol. The molecule has 1 aliphatic heterocycles. The summed E-state index contributed by atoms with van der Waals surface area (Å²) < 4.78 is 10.0. The van der Waals surface area contributed by atoms with Gasteiger partial charge in [0.15, 0.2) is 0 Å². The summed E-state index contributed by atoms with van der Waals surface area (Å²) >= 11 is 6.28. The number of nitrogens with zero attached hydrogens (tertiary/aromatic N) is 3. The fourth-order valence-electron chi connectivity index (χ4n) is 3.08. The molecule has 0 bridgehead atoms. The van der Waals surface area contributed by atoms with E-state index in [0.29, 0.717) is 42.5 Å². The van der Waals surface area contributed by atoms with Gasteiger partial charge in [-0.2, -0.15) is 0 Å². The number of rotatable bonds is 4. The van der Waals surface area contributed by atoms with Crippen LogP contribution in [-0.2, 0) is 9.53 Å². The van der Waals surface area contributed by atoms with Crippen LogP contribution < -0.4 is 0 Å². The number of aryl methyl sites for hydroxylation is 1. The summed E-state index contributed by atoms with van der Waals surface area (Å²) in [4.78, 5) is 28.5. The maximum absolute atomic E-state index is 12.5. The third-order valence-electron chi connectivity index (χ3n) is 4.43. The molecule has 1 aromatic heterocycles. The molecule has 1 unspecified atom stereocenters. The number of piperazine rings is 1. The van der Waals surface area contributed by atoms with Gasteiger partial charge in [-0.05, 0) is 18.6 Å². The van der Waals surface area contributed by atoms with Crippen molar-refractivity contribution in [3.8, 4) is 0 Å². The topological polar surface area (TPSA) is 75.9 Å². The fraction of sp³-hybridized carbons (Fsp3) is 0.389. The first-order chi connectivity index (χ1) is 12.5. The van der Waals surface area contributed by atoms with Crippen molar-refractivity contribution < 1.29 is 18.8 Å². The predicted octanol–water partition coefficient (Wildman–Crippen LogP) is 2.31. The van der Waals surface area contributed by atoms with Crippen LogP contribution in [0.3, 0.4) is 0 Å². The van der Waals surface area contributed by atoms with E-state index in [1.54, 1.807) is 24.0 Å². The molecule has 138 valence electrons. The Morgan fingerprint density at radius 1 is 1.23 bits per heavy atom. The second-order valence-corrected chi connectivity index (χ2v) is 6.52. The lowest BCUT2D eigenvalue weighted by Crippen LogP contribution is -2.51. The number of carbonyl (C=O) groups excluding carboxylic acids is 2. The molecule has 0 spiro atoms. The lowest BCUT2D eigenvalue weighted by atomic mass is 10.0. The molecule has 0 saturated carbocycles. The average Bonchev–Trinajstić information content (AvgIpc) is 3.09. The van der Waals surface area contributed by atoms with Crippen molar-refractivity contribution in [3.05, 3.63) is 52.4 Å². The van der Waals surface area contributed by atoms with E-state index >= 15 is 0 Å². The Morgan fingerprint density at radius 2 is 1.92 bits per heavy atom. The third kappa shape index (κ3) is 3.73. The summed E-state index contributed by atoms with van der Waals surface area (Å²) in [7, 11) is 1.36. The minimum absolute atomic E-state index is 0.197. The lowest BCUT2D eigenvalue weighted by molar-refractivity contribution is -0.148. The van der Waals surface area contributed by atoms with Crippen LogP contribution in [0.4, 0.5) is 0 Å². The number of ether oxygens (including phenoxy) is 1. The first-order valence-electron chi connectivity index (χ1n) is 8.30. The quantitative estimate of drug-likeness (QED) is 0.761. The summed E-state index contributed by atoms with van der Waals surface area (Å²) in [5, 5.41) is 4.26. The van der Waals surface area contributed by atoms with Gasteiger partial charge in [-0.3, -0.25) is 9.69 Å². The number of amides is 1. The Kier molecular flexibility index (Phi) is 5.58. The Labute approximate surface area is 156 Å². The van der Waals surface area contributed by atoms with Crippen molar-refractivity contribution in [3.63, 3.8) is 0 Å². The summed E-state index contributed by atoms with van der Waals surface area (Å²) in [6, 6.07) is 8.24. The van der Waals surface area contributed by atoms with Gasteiger partial charge in [-0.15, -0.1) is 0 Å². The first kappa shape index (κ1) is 18.4. The highest BCUT2D eigenvalue weighted by Gasteiger charge is 2.34. The Morgan fingerprint density at radius 3 is 2.50 bits per heavy atom. The molecule has 1 atom stereocenters. The molecule has 1 fully saturated rings. The summed E-state index contributed by atoms with van der Waals surface area (Å²) in [6.07, 6.45) is 0.